The van der Waals surface area contributed by atoms with Crippen molar-refractivity contribution in [3.8, 4) is 0 Å². The molecule has 5 heteroatoms. The topological polar surface area (TPSA) is 57.3 Å². The maximum atomic E-state index is 12.3. The SMILES string of the molecule is CCCNc1cccc(C(=O)NCC2(N(C)C)CCC2)n1. The van der Waals surface area contributed by atoms with Gasteiger partial charge in [0.05, 0.1) is 0 Å². The first-order valence-electron chi connectivity index (χ1n) is 7.74. The monoisotopic (exact) mass is 290 g/mol. The molecule has 0 aliphatic heterocycles. The molecule has 0 bridgehead atoms. The Balaban J connectivity index is 1.94. The lowest BCUT2D eigenvalue weighted by molar-refractivity contribution is 0.0556. The molecule has 1 aromatic heterocycles. The Hall–Kier alpha value is -1.62. The van der Waals surface area contributed by atoms with Crippen LogP contribution in [-0.4, -0.2) is 48.5 Å². The number of nitrogens with one attached hydrogen (secondary N) is 2. The Bertz CT molecular complexity index is 483. The van der Waals surface area contributed by atoms with Crippen LogP contribution in [0.5, 0.6) is 0 Å². The molecule has 0 spiro atoms. The molecule has 116 valence electrons. The number of carbonyl (C=O) groups excluding carboxylic acids is 1. The van der Waals surface area contributed by atoms with Crippen LogP contribution in [0.3, 0.4) is 0 Å². The van der Waals surface area contributed by atoms with Crippen molar-refractivity contribution in [3.05, 3.63) is 23.9 Å². The maximum absolute atomic E-state index is 12.3. The molecule has 1 fully saturated rings. The summed E-state index contributed by atoms with van der Waals surface area (Å²) in [6.45, 7) is 3.65. The van der Waals surface area contributed by atoms with E-state index in [1.165, 1.54) is 6.42 Å². The van der Waals surface area contributed by atoms with Gasteiger partial charge in [-0.3, -0.25) is 4.79 Å². The summed E-state index contributed by atoms with van der Waals surface area (Å²) in [5.41, 5.74) is 0.609. The van der Waals surface area contributed by atoms with Gasteiger partial charge in [0, 0.05) is 18.6 Å². The van der Waals surface area contributed by atoms with Gasteiger partial charge < -0.3 is 15.5 Å². The fourth-order valence-corrected chi connectivity index (χ4v) is 2.62. The maximum Gasteiger partial charge on any atom is 0.270 e. The number of carbonyl (C=O) groups is 1. The van der Waals surface area contributed by atoms with E-state index in [-0.39, 0.29) is 11.4 Å². The molecule has 0 atom stereocenters. The summed E-state index contributed by atoms with van der Waals surface area (Å²) >= 11 is 0. The molecule has 1 aliphatic rings. The molecule has 0 saturated heterocycles. The summed E-state index contributed by atoms with van der Waals surface area (Å²) in [4.78, 5) is 18.8. The predicted octanol–water partition coefficient (Wildman–Crippen LogP) is 2.12. The average Bonchev–Trinajstić information content (AvgIpc) is 2.43. The first kappa shape index (κ1) is 15.8. The average molecular weight is 290 g/mol. The number of pyridine rings is 1. The molecule has 21 heavy (non-hydrogen) atoms. The minimum atomic E-state index is -0.0942. The third kappa shape index (κ3) is 3.73. The Morgan fingerprint density at radius 3 is 2.71 bits per heavy atom. The van der Waals surface area contributed by atoms with Crippen LogP contribution >= 0.6 is 0 Å². The highest BCUT2D eigenvalue weighted by atomic mass is 16.1. The van der Waals surface area contributed by atoms with Crippen molar-refractivity contribution < 1.29 is 4.79 Å². The number of hydrogen-bond donors (Lipinski definition) is 2. The van der Waals surface area contributed by atoms with Crippen molar-refractivity contribution in [1.29, 1.82) is 0 Å². The first-order chi connectivity index (χ1) is 10.1. The van der Waals surface area contributed by atoms with Crippen molar-refractivity contribution in [1.82, 2.24) is 15.2 Å². The lowest BCUT2D eigenvalue weighted by Crippen LogP contribution is -2.57. The highest BCUT2D eigenvalue weighted by Gasteiger charge is 2.39. The van der Waals surface area contributed by atoms with E-state index in [0.29, 0.717) is 12.2 Å². The fourth-order valence-electron chi connectivity index (χ4n) is 2.62. The first-order valence-corrected chi connectivity index (χ1v) is 7.74. The second-order valence-electron chi connectivity index (χ2n) is 5.99. The summed E-state index contributed by atoms with van der Waals surface area (Å²) in [6, 6.07) is 5.51. The molecule has 5 nitrogen and oxygen atoms in total. The van der Waals surface area contributed by atoms with Crippen LogP contribution in [0, 0.1) is 0 Å². The van der Waals surface area contributed by atoms with Crippen LogP contribution in [0.25, 0.3) is 0 Å². The zero-order valence-corrected chi connectivity index (χ0v) is 13.3. The van der Waals surface area contributed by atoms with Crippen LogP contribution in [0.4, 0.5) is 5.82 Å². The summed E-state index contributed by atoms with van der Waals surface area (Å²) in [6.07, 6.45) is 4.56. The third-order valence-electron chi connectivity index (χ3n) is 4.35. The fraction of sp³-hybridized carbons (Fsp3) is 0.625. The Morgan fingerprint density at radius 2 is 2.14 bits per heavy atom. The van der Waals surface area contributed by atoms with Gasteiger partial charge in [-0.1, -0.05) is 13.0 Å². The van der Waals surface area contributed by atoms with E-state index in [9.17, 15) is 4.79 Å². The summed E-state index contributed by atoms with van der Waals surface area (Å²) in [5, 5.41) is 6.24. The zero-order chi connectivity index (χ0) is 15.3. The van der Waals surface area contributed by atoms with E-state index in [1.54, 1.807) is 6.07 Å². The van der Waals surface area contributed by atoms with Crippen LogP contribution in [0.1, 0.15) is 43.1 Å². The standard InChI is InChI=1S/C16H26N4O/c1-4-11-17-14-8-5-7-13(19-14)15(21)18-12-16(20(2)3)9-6-10-16/h5,7-8H,4,6,9-12H2,1-3H3,(H,17,19)(H,18,21). The van der Waals surface area contributed by atoms with Crippen molar-refractivity contribution in [2.24, 2.45) is 0 Å². The predicted molar refractivity (Wildman–Crippen MR) is 85.6 cm³/mol. The molecule has 1 heterocycles. The molecular weight excluding hydrogens is 264 g/mol. The number of hydrogen-bond acceptors (Lipinski definition) is 4. The van der Waals surface area contributed by atoms with Gasteiger partial charge in [-0.15, -0.1) is 0 Å². The number of anilines is 1. The number of nitrogens with zero attached hydrogens (tertiary/aromatic N) is 2. The van der Waals surface area contributed by atoms with Crippen molar-refractivity contribution in [3.63, 3.8) is 0 Å². The lowest BCUT2D eigenvalue weighted by atomic mass is 9.75. The summed E-state index contributed by atoms with van der Waals surface area (Å²) in [5.74, 6) is 0.666. The smallest absolute Gasteiger partial charge is 0.270 e. The van der Waals surface area contributed by atoms with E-state index < -0.39 is 0 Å². The van der Waals surface area contributed by atoms with Gasteiger partial charge in [-0.25, -0.2) is 4.98 Å². The van der Waals surface area contributed by atoms with Crippen molar-refractivity contribution in [2.75, 3.05) is 32.5 Å². The van der Waals surface area contributed by atoms with Gasteiger partial charge in [0.25, 0.3) is 5.91 Å². The summed E-state index contributed by atoms with van der Waals surface area (Å²) in [7, 11) is 4.16. The highest BCUT2D eigenvalue weighted by Crippen LogP contribution is 2.35. The molecule has 0 aromatic carbocycles. The molecule has 0 radical (unpaired) electrons. The molecule has 2 N–H and O–H groups in total. The number of likely N-dealkylation sites (N-methyl/N-ethyl adjacent to an activating group) is 1. The minimum Gasteiger partial charge on any atom is -0.370 e. The third-order valence-corrected chi connectivity index (χ3v) is 4.35. The van der Waals surface area contributed by atoms with Gasteiger partial charge in [0.2, 0.25) is 0 Å². The minimum absolute atomic E-state index is 0.0942. The second kappa shape index (κ2) is 6.89. The van der Waals surface area contributed by atoms with Crippen molar-refractivity contribution >= 4 is 11.7 Å². The van der Waals surface area contributed by atoms with E-state index in [4.69, 9.17) is 0 Å². The Kier molecular flexibility index (Phi) is 5.17. The normalized spacial score (nSPS) is 16.4. The summed E-state index contributed by atoms with van der Waals surface area (Å²) < 4.78 is 0. The van der Waals surface area contributed by atoms with Gasteiger partial charge in [-0.05, 0) is 51.9 Å². The van der Waals surface area contributed by atoms with Gasteiger partial charge in [-0.2, -0.15) is 0 Å². The van der Waals surface area contributed by atoms with E-state index >= 15 is 0 Å². The largest absolute Gasteiger partial charge is 0.370 e. The highest BCUT2D eigenvalue weighted by molar-refractivity contribution is 5.92. The molecule has 1 aromatic rings. The molecule has 2 rings (SSSR count). The molecule has 1 amide bonds. The zero-order valence-electron chi connectivity index (χ0n) is 13.3. The Morgan fingerprint density at radius 1 is 1.38 bits per heavy atom. The molecule has 1 saturated carbocycles. The number of rotatable bonds is 7. The van der Waals surface area contributed by atoms with Crippen molar-refractivity contribution in [2.45, 2.75) is 38.1 Å². The van der Waals surface area contributed by atoms with Gasteiger partial charge in [0.1, 0.15) is 11.5 Å². The second-order valence-corrected chi connectivity index (χ2v) is 5.99. The molecule has 1 aliphatic carbocycles. The van der Waals surface area contributed by atoms with Gasteiger partial charge in [0.15, 0.2) is 0 Å². The van der Waals surface area contributed by atoms with Gasteiger partial charge >= 0.3 is 0 Å². The van der Waals surface area contributed by atoms with Crippen LogP contribution < -0.4 is 10.6 Å². The quantitative estimate of drug-likeness (QED) is 0.807. The van der Waals surface area contributed by atoms with E-state index in [0.717, 1.165) is 31.6 Å². The molecular formula is C16H26N4O. The number of amides is 1. The lowest BCUT2D eigenvalue weighted by Gasteiger charge is -2.47. The molecule has 0 unspecified atom stereocenters. The van der Waals surface area contributed by atoms with E-state index in [1.807, 2.05) is 12.1 Å². The van der Waals surface area contributed by atoms with E-state index in [2.05, 4.69) is 41.5 Å². The van der Waals surface area contributed by atoms with Crippen LogP contribution in [0.15, 0.2) is 18.2 Å². The van der Waals surface area contributed by atoms with Crippen LogP contribution in [0.2, 0.25) is 0 Å². The van der Waals surface area contributed by atoms with Crippen LogP contribution in [-0.2, 0) is 0 Å². The number of aromatic nitrogens is 1. The Labute approximate surface area is 127 Å².